The minimum atomic E-state index is 0.270. The van der Waals surface area contributed by atoms with Crippen LogP contribution in [0.2, 0.25) is 0 Å². The minimum absolute atomic E-state index is 0.270. The molecule has 3 heterocycles. The van der Waals surface area contributed by atoms with Gasteiger partial charge >= 0.3 is 0 Å². The van der Waals surface area contributed by atoms with Crippen molar-refractivity contribution in [3.05, 3.63) is 59.9 Å². The van der Waals surface area contributed by atoms with Gasteiger partial charge in [0.1, 0.15) is 12.4 Å². The number of benzene rings is 1. The van der Waals surface area contributed by atoms with Crippen molar-refractivity contribution in [1.82, 2.24) is 14.8 Å². The van der Waals surface area contributed by atoms with Crippen molar-refractivity contribution in [3.8, 4) is 5.75 Å². The number of rotatable bonds is 5. The van der Waals surface area contributed by atoms with E-state index in [1.807, 2.05) is 18.5 Å². The Labute approximate surface area is 217 Å². The molecule has 1 saturated carbocycles. The lowest BCUT2D eigenvalue weighted by Gasteiger charge is -2.45. The molecule has 36 heavy (non-hydrogen) atoms. The summed E-state index contributed by atoms with van der Waals surface area (Å²) in [5, 5.41) is 0. The molecular weight excluding hydrogens is 446 g/mol. The molecule has 3 aliphatic rings. The van der Waals surface area contributed by atoms with E-state index < -0.39 is 0 Å². The van der Waals surface area contributed by atoms with Crippen molar-refractivity contribution in [2.45, 2.75) is 77.2 Å². The number of hydrogen-bond donors (Lipinski definition) is 0. The van der Waals surface area contributed by atoms with Crippen LogP contribution in [0, 0.1) is 11.3 Å². The predicted octanol–water partition coefficient (Wildman–Crippen LogP) is 5.88. The van der Waals surface area contributed by atoms with Gasteiger partial charge < -0.3 is 9.64 Å². The second kappa shape index (κ2) is 12.2. The summed E-state index contributed by atoms with van der Waals surface area (Å²) in [6.45, 7) is 5.39. The third-order valence-electron chi connectivity index (χ3n) is 8.90. The lowest BCUT2D eigenvalue weighted by atomic mass is 9.73. The number of hydrogen-bond acceptors (Lipinski definition) is 4. The quantitative estimate of drug-likeness (QED) is 0.526. The zero-order valence-corrected chi connectivity index (χ0v) is 21.9. The molecule has 5 heteroatoms. The zero-order valence-electron chi connectivity index (χ0n) is 21.9. The molecule has 1 saturated heterocycles. The molecule has 1 aromatic carbocycles. The summed E-state index contributed by atoms with van der Waals surface area (Å²) in [5.41, 5.74) is 2.85. The highest BCUT2D eigenvalue weighted by Crippen LogP contribution is 2.39. The number of piperidine rings is 1. The highest BCUT2D eigenvalue weighted by atomic mass is 16.5. The molecule has 0 N–H and O–H groups in total. The van der Waals surface area contributed by atoms with Crippen LogP contribution in [0.5, 0.6) is 5.75 Å². The molecule has 0 unspecified atom stereocenters. The van der Waals surface area contributed by atoms with Crippen LogP contribution < -0.4 is 4.74 Å². The first-order chi connectivity index (χ1) is 17.7. The fraction of sp³-hybridized carbons (Fsp3) is 0.613. The summed E-state index contributed by atoms with van der Waals surface area (Å²) in [6, 6.07) is 12.7. The summed E-state index contributed by atoms with van der Waals surface area (Å²) in [5.74, 6) is 2.25. The van der Waals surface area contributed by atoms with Gasteiger partial charge in [0, 0.05) is 51.5 Å². The van der Waals surface area contributed by atoms with Gasteiger partial charge in [-0.15, -0.1) is 0 Å². The third kappa shape index (κ3) is 6.67. The Hall–Kier alpha value is -2.40. The van der Waals surface area contributed by atoms with Gasteiger partial charge in [0.2, 0.25) is 5.91 Å². The van der Waals surface area contributed by atoms with E-state index in [9.17, 15) is 4.79 Å². The lowest BCUT2D eigenvalue weighted by Crippen LogP contribution is -2.48. The third-order valence-corrected chi connectivity index (χ3v) is 8.90. The number of fused-ring (bicyclic) bond motifs is 1. The molecule has 1 aromatic heterocycles. The van der Waals surface area contributed by atoms with E-state index in [2.05, 4.69) is 45.1 Å². The molecule has 2 fully saturated rings. The topological polar surface area (TPSA) is 45.7 Å². The van der Waals surface area contributed by atoms with Crippen LogP contribution in [0.25, 0.3) is 0 Å². The minimum Gasteiger partial charge on any atom is -0.492 e. The fourth-order valence-corrected chi connectivity index (χ4v) is 6.37. The van der Waals surface area contributed by atoms with Gasteiger partial charge in [-0.2, -0.15) is 0 Å². The summed E-state index contributed by atoms with van der Waals surface area (Å²) in [6.07, 6.45) is 16.7. The van der Waals surface area contributed by atoms with Gasteiger partial charge in [-0.25, -0.2) is 0 Å². The average Bonchev–Trinajstić information content (AvgIpc) is 2.87. The van der Waals surface area contributed by atoms with Gasteiger partial charge in [-0.1, -0.05) is 49.9 Å². The molecule has 2 aliphatic heterocycles. The molecule has 1 spiro atoms. The van der Waals surface area contributed by atoms with Crippen molar-refractivity contribution in [2.24, 2.45) is 11.3 Å². The smallest absolute Gasteiger partial charge is 0.222 e. The fourth-order valence-electron chi connectivity index (χ4n) is 6.37. The Morgan fingerprint density at radius 2 is 1.86 bits per heavy atom. The number of para-hydroxylation sites is 1. The summed E-state index contributed by atoms with van der Waals surface area (Å²) in [4.78, 5) is 22.0. The van der Waals surface area contributed by atoms with Crippen LogP contribution in [0.3, 0.4) is 0 Å². The number of likely N-dealkylation sites (tertiary alicyclic amines) is 1. The highest BCUT2D eigenvalue weighted by molar-refractivity contribution is 5.76. The Bertz CT molecular complexity index is 967. The molecule has 2 aromatic rings. The van der Waals surface area contributed by atoms with E-state index in [4.69, 9.17) is 4.74 Å². The van der Waals surface area contributed by atoms with E-state index >= 15 is 0 Å². The van der Waals surface area contributed by atoms with Crippen LogP contribution in [-0.2, 0) is 17.8 Å². The Kier molecular flexibility index (Phi) is 8.58. The first kappa shape index (κ1) is 25.3. The first-order valence-corrected chi connectivity index (χ1v) is 14.3. The predicted molar refractivity (Wildman–Crippen MR) is 144 cm³/mol. The SMILES string of the molecule is O=C(CCC1CCC1)N1CCC2(CCCCc3ccccc3OCCN(Cc3cccnc3)C2)CC1. The van der Waals surface area contributed by atoms with Crippen LogP contribution in [0.4, 0.5) is 0 Å². The second-order valence-electron chi connectivity index (χ2n) is 11.5. The number of amides is 1. The highest BCUT2D eigenvalue weighted by Gasteiger charge is 2.37. The van der Waals surface area contributed by atoms with Crippen molar-refractivity contribution in [3.63, 3.8) is 0 Å². The average molecular weight is 490 g/mol. The second-order valence-corrected chi connectivity index (χ2v) is 11.5. The van der Waals surface area contributed by atoms with E-state index in [0.29, 0.717) is 12.5 Å². The van der Waals surface area contributed by atoms with Crippen LogP contribution in [-0.4, -0.2) is 53.5 Å². The van der Waals surface area contributed by atoms with E-state index in [0.717, 1.165) is 76.5 Å². The molecule has 0 bridgehead atoms. The molecule has 5 nitrogen and oxygen atoms in total. The van der Waals surface area contributed by atoms with Gasteiger partial charge in [0.15, 0.2) is 0 Å². The van der Waals surface area contributed by atoms with E-state index in [1.165, 1.54) is 49.7 Å². The Morgan fingerprint density at radius 3 is 2.64 bits per heavy atom. The number of nitrogens with zero attached hydrogens (tertiary/aromatic N) is 3. The summed E-state index contributed by atoms with van der Waals surface area (Å²) >= 11 is 0. The number of carbonyl (C=O) groups excluding carboxylic acids is 1. The van der Waals surface area contributed by atoms with Crippen LogP contribution in [0.1, 0.15) is 75.3 Å². The number of carbonyl (C=O) groups is 1. The molecule has 0 radical (unpaired) electrons. The standard InChI is InChI=1S/C31H43N3O2/c35-30(14-13-26-7-5-8-26)34-19-16-31(17-20-34)15-4-3-11-28-10-1-2-12-29(28)36-22-21-33(25-31)24-27-9-6-18-32-23-27/h1-2,6,9-10,12,18,23,26H,3-5,7-8,11,13-17,19-22,24-25H2. The molecule has 5 rings (SSSR count). The number of aryl methyl sites for hydroxylation is 1. The largest absolute Gasteiger partial charge is 0.492 e. The molecule has 1 aliphatic carbocycles. The van der Waals surface area contributed by atoms with Crippen LogP contribution >= 0.6 is 0 Å². The first-order valence-electron chi connectivity index (χ1n) is 14.3. The normalized spacial score (nSPS) is 21.5. The van der Waals surface area contributed by atoms with Gasteiger partial charge in [-0.3, -0.25) is 14.7 Å². The van der Waals surface area contributed by atoms with E-state index in [1.54, 1.807) is 0 Å². The summed E-state index contributed by atoms with van der Waals surface area (Å²) in [7, 11) is 0. The van der Waals surface area contributed by atoms with Crippen molar-refractivity contribution >= 4 is 5.91 Å². The number of pyridine rings is 1. The van der Waals surface area contributed by atoms with Gasteiger partial charge in [0.05, 0.1) is 0 Å². The van der Waals surface area contributed by atoms with Gasteiger partial charge in [0.25, 0.3) is 0 Å². The van der Waals surface area contributed by atoms with Crippen molar-refractivity contribution in [2.75, 3.05) is 32.8 Å². The number of ether oxygens (including phenoxy) is 1. The van der Waals surface area contributed by atoms with E-state index in [-0.39, 0.29) is 5.41 Å². The molecule has 1 amide bonds. The number of aromatic nitrogens is 1. The maximum absolute atomic E-state index is 12.9. The van der Waals surface area contributed by atoms with Gasteiger partial charge in [-0.05, 0) is 73.1 Å². The van der Waals surface area contributed by atoms with Crippen LogP contribution in [0.15, 0.2) is 48.8 Å². The van der Waals surface area contributed by atoms with Crippen molar-refractivity contribution in [1.29, 1.82) is 0 Å². The van der Waals surface area contributed by atoms with Crippen molar-refractivity contribution < 1.29 is 9.53 Å². The summed E-state index contributed by atoms with van der Waals surface area (Å²) < 4.78 is 6.30. The molecule has 0 atom stereocenters. The molecule has 194 valence electrons. The maximum atomic E-state index is 12.9. The molecular formula is C31H43N3O2. The monoisotopic (exact) mass is 489 g/mol. The Morgan fingerprint density at radius 1 is 1.00 bits per heavy atom. The zero-order chi connectivity index (χ0) is 24.6. The lowest BCUT2D eigenvalue weighted by molar-refractivity contribution is -0.134. The Balaban J connectivity index is 1.26. The maximum Gasteiger partial charge on any atom is 0.222 e.